The van der Waals surface area contributed by atoms with Crippen LogP contribution in [0.25, 0.3) is 0 Å². The Morgan fingerprint density at radius 3 is 3.11 bits per heavy atom. The van der Waals surface area contributed by atoms with E-state index in [9.17, 15) is 4.79 Å². The first kappa shape index (κ1) is 13.5. The van der Waals surface area contributed by atoms with Gasteiger partial charge in [-0.25, -0.2) is 4.68 Å². The Balaban J connectivity index is 1.84. The van der Waals surface area contributed by atoms with Crippen molar-refractivity contribution in [2.45, 2.75) is 32.0 Å². The summed E-state index contributed by atoms with van der Waals surface area (Å²) >= 11 is 1.28. The molecule has 2 aromatic heterocycles. The first-order valence-corrected chi connectivity index (χ1v) is 6.79. The van der Waals surface area contributed by atoms with Crippen LogP contribution < -0.4 is 5.32 Å². The smallest absolute Gasteiger partial charge is 0.236 e. The molecule has 9 heteroatoms. The van der Waals surface area contributed by atoms with Crippen molar-refractivity contribution in [3.63, 3.8) is 0 Å². The number of carbonyl (C=O) groups is 1. The third-order valence-electron chi connectivity index (χ3n) is 2.16. The zero-order valence-electron chi connectivity index (χ0n) is 10.7. The van der Waals surface area contributed by atoms with Crippen LogP contribution in [0.5, 0.6) is 0 Å². The number of tetrazole rings is 1. The highest BCUT2D eigenvalue weighted by Gasteiger charge is 2.11. The van der Waals surface area contributed by atoms with Crippen molar-refractivity contribution in [1.29, 1.82) is 0 Å². The number of hydrogen-bond acceptors (Lipinski definition) is 7. The molecule has 0 radical (unpaired) electrons. The monoisotopic (exact) mass is 282 g/mol. The fraction of sp³-hybridized carbons (Fsp3) is 0.500. The molecule has 0 atom stereocenters. The van der Waals surface area contributed by atoms with Crippen LogP contribution in [-0.4, -0.2) is 37.0 Å². The zero-order valence-corrected chi connectivity index (χ0v) is 11.5. The maximum absolute atomic E-state index is 11.7. The Morgan fingerprint density at radius 1 is 1.58 bits per heavy atom. The summed E-state index contributed by atoms with van der Waals surface area (Å²) in [6.45, 7) is 4.53. The van der Waals surface area contributed by atoms with Gasteiger partial charge in [-0.15, -0.1) is 5.10 Å². The number of amides is 1. The van der Waals surface area contributed by atoms with Gasteiger partial charge in [0.2, 0.25) is 11.1 Å². The molecule has 0 unspecified atom stereocenters. The van der Waals surface area contributed by atoms with Crippen LogP contribution in [0.2, 0.25) is 0 Å². The third kappa shape index (κ3) is 3.78. The lowest BCUT2D eigenvalue weighted by Gasteiger charge is -2.02. The van der Waals surface area contributed by atoms with Crippen molar-refractivity contribution in [2.75, 3.05) is 11.1 Å². The largest absolute Gasteiger partial charge is 0.360 e. The lowest BCUT2D eigenvalue weighted by atomic mass is 10.5. The number of aryl methyl sites for hydroxylation is 2. The van der Waals surface area contributed by atoms with Gasteiger partial charge in [-0.05, 0) is 23.8 Å². The number of nitrogens with zero attached hydrogens (tertiary/aromatic N) is 5. The molecule has 2 aromatic rings. The molecular formula is C10H14N6O2S. The summed E-state index contributed by atoms with van der Waals surface area (Å²) in [6, 6.07) is 1.66. The molecule has 0 aromatic carbocycles. The van der Waals surface area contributed by atoms with Gasteiger partial charge in [0, 0.05) is 12.6 Å². The van der Waals surface area contributed by atoms with Gasteiger partial charge in [0.25, 0.3) is 0 Å². The van der Waals surface area contributed by atoms with Crippen LogP contribution in [0, 0.1) is 6.92 Å². The van der Waals surface area contributed by atoms with E-state index in [0.29, 0.717) is 16.7 Å². The van der Waals surface area contributed by atoms with Gasteiger partial charge in [0.05, 0.1) is 5.75 Å². The summed E-state index contributed by atoms with van der Waals surface area (Å²) in [5.74, 6) is 1.10. The highest BCUT2D eigenvalue weighted by Crippen LogP contribution is 2.14. The maximum Gasteiger partial charge on any atom is 0.236 e. The van der Waals surface area contributed by atoms with E-state index in [2.05, 4.69) is 26.0 Å². The molecule has 2 rings (SSSR count). The van der Waals surface area contributed by atoms with Gasteiger partial charge in [-0.1, -0.05) is 23.8 Å². The lowest BCUT2D eigenvalue weighted by molar-refractivity contribution is -0.113. The van der Waals surface area contributed by atoms with Gasteiger partial charge < -0.3 is 9.84 Å². The van der Waals surface area contributed by atoms with E-state index in [-0.39, 0.29) is 11.7 Å². The average Bonchev–Trinajstić information content (AvgIpc) is 2.97. The standard InChI is InChI=1S/C10H14N6O2S/c1-3-4-16-10(12-14-15-16)19-6-9(17)11-8-5-7(2)18-13-8/h5H,3-4,6H2,1-2H3,(H,11,13,17). The topological polar surface area (TPSA) is 98.7 Å². The number of thioether (sulfide) groups is 1. The molecule has 0 aliphatic heterocycles. The van der Waals surface area contributed by atoms with Crippen molar-refractivity contribution < 1.29 is 9.32 Å². The molecule has 0 bridgehead atoms. The van der Waals surface area contributed by atoms with Crippen LogP contribution in [0.4, 0.5) is 5.82 Å². The number of nitrogens with one attached hydrogen (secondary N) is 1. The maximum atomic E-state index is 11.7. The summed E-state index contributed by atoms with van der Waals surface area (Å²) in [6.07, 6.45) is 0.934. The molecule has 102 valence electrons. The Bertz CT molecular complexity index is 552. The Hall–Kier alpha value is -1.90. The number of aromatic nitrogens is 5. The van der Waals surface area contributed by atoms with Crippen LogP contribution in [-0.2, 0) is 11.3 Å². The molecule has 0 saturated carbocycles. The minimum Gasteiger partial charge on any atom is -0.360 e. The summed E-state index contributed by atoms with van der Waals surface area (Å²) in [7, 11) is 0. The number of hydrogen-bond donors (Lipinski definition) is 1. The first-order chi connectivity index (χ1) is 9.19. The second kappa shape index (κ2) is 6.32. The molecule has 0 aliphatic carbocycles. The van der Waals surface area contributed by atoms with E-state index >= 15 is 0 Å². The van der Waals surface area contributed by atoms with E-state index in [1.807, 2.05) is 6.92 Å². The Labute approximate surface area is 113 Å². The summed E-state index contributed by atoms with van der Waals surface area (Å²) in [4.78, 5) is 11.7. The molecule has 0 spiro atoms. The quantitative estimate of drug-likeness (QED) is 0.792. The molecule has 8 nitrogen and oxygen atoms in total. The molecule has 2 heterocycles. The fourth-order valence-electron chi connectivity index (χ4n) is 1.39. The van der Waals surface area contributed by atoms with Crippen molar-refractivity contribution in [1.82, 2.24) is 25.4 Å². The predicted octanol–water partition coefficient (Wildman–Crippen LogP) is 1.11. The highest BCUT2D eigenvalue weighted by molar-refractivity contribution is 7.99. The van der Waals surface area contributed by atoms with Crippen molar-refractivity contribution in [3.05, 3.63) is 11.8 Å². The molecular weight excluding hydrogens is 268 g/mol. The van der Waals surface area contributed by atoms with Crippen molar-refractivity contribution in [2.24, 2.45) is 0 Å². The van der Waals surface area contributed by atoms with Crippen LogP contribution in [0.3, 0.4) is 0 Å². The van der Waals surface area contributed by atoms with Crippen molar-refractivity contribution in [3.8, 4) is 0 Å². The lowest BCUT2D eigenvalue weighted by Crippen LogP contribution is -2.15. The van der Waals surface area contributed by atoms with Crippen LogP contribution in [0.15, 0.2) is 15.7 Å². The molecule has 0 saturated heterocycles. The van der Waals surface area contributed by atoms with E-state index in [0.717, 1.165) is 13.0 Å². The summed E-state index contributed by atoms with van der Waals surface area (Å²) in [5.41, 5.74) is 0. The molecule has 1 N–H and O–H groups in total. The van der Waals surface area contributed by atoms with Gasteiger partial charge >= 0.3 is 0 Å². The number of anilines is 1. The second-order valence-electron chi connectivity index (χ2n) is 3.84. The van der Waals surface area contributed by atoms with Crippen LogP contribution in [0.1, 0.15) is 19.1 Å². The van der Waals surface area contributed by atoms with E-state index in [1.165, 1.54) is 11.8 Å². The fourth-order valence-corrected chi connectivity index (χ4v) is 2.09. The molecule has 19 heavy (non-hydrogen) atoms. The Morgan fingerprint density at radius 2 is 2.42 bits per heavy atom. The highest BCUT2D eigenvalue weighted by atomic mass is 32.2. The molecule has 0 fully saturated rings. The van der Waals surface area contributed by atoms with E-state index in [1.54, 1.807) is 17.7 Å². The molecule has 1 amide bonds. The van der Waals surface area contributed by atoms with Crippen molar-refractivity contribution >= 4 is 23.5 Å². The zero-order chi connectivity index (χ0) is 13.7. The average molecular weight is 282 g/mol. The van der Waals surface area contributed by atoms with Gasteiger partial charge in [-0.3, -0.25) is 4.79 Å². The van der Waals surface area contributed by atoms with Gasteiger partial charge in [0.1, 0.15) is 5.76 Å². The summed E-state index contributed by atoms with van der Waals surface area (Å²) in [5, 5.41) is 18.3. The van der Waals surface area contributed by atoms with E-state index < -0.39 is 0 Å². The van der Waals surface area contributed by atoms with E-state index in [4.69, 9.17) is 4.52 Å². The Kier molecular flexibility index (Phi) is 4.50. The normalized spacial score (nSPS) is 10.6. The minimum absolute atomic E-state index is 0.177. The van der Waals surface area contributed by atoms with Crippen LogP contribution >= 0.6 is 11.8 Å². The minimum atomic E-state index is -0.177. The summed E-state index contributed by atoms with van der Waals surface area (Å²) < 4.78 is 6.54. The third-order valence-corrected chi connectivity index (χ3v) is 3.12. The van der Waals surface area contributed by atoms with Gasteiger partial charge in [-0.2, -0.15) is 0 Å². The predicted molar refractivity (Wildman–Crippen MR) is 68.7 cm³/mol. The SMILES string of the molecule is CCCn1nnnc1SCC(=O)Nc1cc(C)on1. The first-order valence-electron chi connectivity index (χ1n) is 5.81. The number of carbonyl (C=O) groups excluding carboxylic acids is 1. The van der Waals surface area contributed by atoms with Gasteiger partial charge in [0.15, 0.2) is 5.82 Å². The number of rotatable bonds is 6. The second-order valence-corrected chi connectivity index (χ2v) is 4.79. The molecule has 0 aliphatic rings.